The van der Waals surface area contributed by atoms with E-state index >= 15 is 0 Å². The number of hydrogen-bond donors (Lipinski definition) is 1. The van der Waals surface area contributed by atoms with Crippen molar-refractivity contribution < 1.29 is 28.7 Å². The van der Waals surface area contributed by atoms with E-state index in [1.54, 1.807) is 6.33 Å². The lowest BCUT2D eigenvalue weighted by atomic mass is 9.47. The number of nitrogens with zero attached hydrogens (tertiary/aromatic N) is 3. The van der Waals surface area contributed by atoms with Gasteiger partial charge >= 0.3 is 11.9 Å². The number of hydrogen-bond acceptors (Lipinski definition) is 8. The highest BCUT2D eigenvalue weighted by Crippen LogP contribution is 2.68. The van der Waals surface area contributed by atoms with E-state index < -0.39 is 0 Å². The van der Waals surface area contributed by atoms with E-state index in [2.05, 4.69) is 65.4 Å². The molecule has 0 bridgehead atoms. The lowest BCUT2D eigenvalue weighted by molar-refractivity contribution is -0.149. The highest BCUT2D eigenvalue weighted by Gasteiger charge is 2.60. The Labute approximate surface area is 411 Å². The van der Waals surface area contributed by atoms with Gasteiger partial charge in [-0.3, -0.25) is 19.2 Å². The fraction of sp³-hybridized carbons (Fsp3) is 0.552. The van der Waals surface area contributed by atoms with Gasteiger partial charge in [0.25, 0.3) is 0 Å². The number of benzene rings is 2. The number of imidazole rings is 2. The van der Waals surface area contributed by atoms with Crippen molar-refractivity contribution in [3.8, 4) is 0 Å². The average Bonchev–Trinajstić information content (AvgIpc) is 4.11. The molecule has 0 aliphatic heterocycles. The van der Waals surface area contributed by atoms with Crippen LogP contribution < -0.4 is 0 Å². The molecule has 0 radical (unpaired) electrons. The molecule has 0 saturated heterocycles. The smallest absolute Gasteiger partial charge is 0.302 e. The third-order valence-corrected chi connectivity index (χ3v) is 20.1. The van der Waals surface area contributed by atoms with Crippen molar-refractivity contribution in [2.75, 3.05) is 0 Å². The van der Waals surface area contributed by atoms with Crippen LogP contribution in [-0.4, -0.2) is 56.2 Å². The number of aromatic amines is 1. The predicted molar refractivity (Wildman–Crippen MR) is 269 cm³/mol. The summed E-state index contributed by atoms with van der Waals surface area (Å²) in [7, 11) is 0. The number of H-pyrrole nitrogens is 1. The molecular weight excluding hydrogens is 884 g/mol. The zero-order chi connectivity index (χ0) is 48.5. The molecule has 10 nitrogen and oxygen atoms in total. The second-order valence-corrected chi connectivity index (χ2v) is 23.1. The van der Waals surface area contributed by atoms with Gasteiger partial charge < -0.3 is 19.0 Å². The van der Waals surface area contributed by atoms with Crippen molar-refractivity contribution in [2.24, 2.45) is 57.2 Å². The summed E-state index contributed by atoms with van der Waals surface area (Å²) in [5.41, 5.74) is 10.5. The lowest BCUT2D eigenvalue weighted by Crippen LogP contribution is -2.50. The van der Waals surface area contributed by atoms with Crippen molar-refractivity contribution in [2.45, 2.75) is 144 Å². The predicted octanol–water partition coefficient (Wildman–Crippen LogP) is 12.7. The maximum atomic E-state index is 12.4. The molecule has 0 spiro atoms. The van der Waals surface area contributed by atoms with E-state index in [0.717, 1.165) is 128 Å². The molecule has 2 aromatic carbocycles. The molecule has 8 aliphatic carbocycles. The van der Waals surface area contributed by atoms with E-state index in [-0.39, 0.29) is 45.8 Å². The van der Waals surface area contributed by atoms with E-state index in [9.17, 15) is 19.2 Å². The van der Waals surface area contributed by atoms with Crippen molar-refractivity contribution >= 4 is 63.9 Å². The lowest BCUT2D eigenvalue weighted by Gasteiger charge is -2.57. The number of carbonyl (C=O) groups is 4. The zero-order valence-corrected chi connectivity index (χ0v) is 42.0. The molecule has 4 fully saturated rings. The molecule has 6 unspecified atom stereocenters. The van der Waals surface area contributed by atoms with Crippen LogP contribution in [0.15, 0.2) is 101 Å². The number of fused-ring (bicyclic) bond motifs is 12. The number of allylic oxidation sites excluding steroid dienone is 6. The third kappa shape index (κ3) is 8.08. The molecule has 2 heterocycles. The molecule has 0 amide bonds. The van der Waals surface area contributed by atoms with Gasteiger partial charge in [0.2, 0.25) is 0 Å². The fourth-order valence-electron chi connectivity index (χ4n) is 15.9. The summed E-state index contributed by atoms with van der Waals surface area (Å²) in [4.78, 5) is 58.4. The maximum Gasteiger partial charge on any atom is 0.302 e. The van der Waals surface area contributed by atoms with Crippen LogP contribution in [-0.2, 0) is 28.7 Å². The van der Waals surface area contributed by atoms with Crippen LogP contribution in [0.4, 0.5) is 0 Å². The monoisotopic (exact) mass is 952 g/mol. The number of ether oxygens (including phenoxy) is 2. The van der Waals surface area contributed by atoms with Crippen LogP contribution in [0.25, 0.3) is 27.8 Å². The van der Waals surface area contributed by atoms with Gasteiger partial charge in [-0.2, -0.15) is 0 Å². The second-order valence-electron chi connectivity index (χ2n) is 22.8. The Hall–Kier alpha value is -5.09. The molecule has 12 atom stereocenters. The summed E-state index contributed by atoms with van der Waals surface area (Å²) in [6.07, 6.45) is 24.8. The minimum Gasteiger partial charge on any atom is -0.462 e. The van der Waals surface area contributed by atoms with Gasteiger partial charge in [0.15, 0.2) is 0 Å². The summed E-state index contributed by atoms with van der Waals surface area (Å²) in [5, 5.41) is 0.828. The molecule has 364 valence electrons. The number of aldehydes is 2. The summed E-state index contributed by atoms with van der Waals surface area (Å²) in [5.74, 6) is 3.03. The second kappa shape index (κ2) is 18.3. The molecule has 8 aliphatic rings. The van der Waals surface area contributed by atoms with Crippen LogP contribution in [0.3, 0.4) is 0 Å². The van der Waals surface area contributed by atoms with Crippen LogP contribution in [0.1, 0.15) is 131 Å². The van der Waals surface area contributed by atoms with Crippen molar-refractivity contribution in [1.29, 1.82) is 0 Å². The van der Waals surface area contributed by atoms with Crippen molar-refractivity contribution in [3.05, 3.63) is 101 Å². The van der Waals surface area contributed by atoms with Gasteiger partial charge in [-0.1, -0.05) is 86.9 Å². The Morgan fingerprint density at radius 3 is 1.75 bits per heavy atom. The fourth-order valence-corrected chi connectivity index (χ4v) is 16.3. The van der Waals surface area contributed by atoms with Gasteiger partial charge in [-0.25, -0.2) is 9.97 Å². The van der Waals surface area contributed by atoms with E-state index in [1.165, 1.54) is 43.5 Å². The van der Waals surface area contributed by atoms with Gasteiger partial charge in [0.1, 0.15) is 31.1 Å². The van der Waals surface area contributed by atoms with Crippen LogP contribution in [0, 0.1) is 57.2 Å². The van der Waals surface area contributed by atoms with Gasteiger partial charge in [0, 0.05) is 59.4 Å². The van der Waals surface area contributed by atoms with Gasteiger partial charge in [-0.15, -0.1) is 0 Å². The van der Waals surface area contributed by atoms with E-state index in [4.69, 9.17) is 21.1 Å². The highest BCUT2D eigenvalue weighted by atomic mass is 35.5. The van der Waals surface area contributed by atoms with Gasteiger partial charge in [0.05, 0.1) is 28.4 Å². The molecule has 11 heteroatoms. The Morgan fingerprint density at radius 2 is 1.17 bits per heavy atom. The summed E-state index contributed by atoms with van der Waals surface area (Å²) >= 11 is 6.65. The number of rotatable bonds is 5. The quantitative estimate of drug-likeness (QED) is 0.119. The molecule has 4 aromatic rings. The first kappa shape index (κ1) is 47.6. The first-order valence-corrected chi connectivity index (χ1v) is 26.1. The maximum absolute atomic E-state index is 12.4. The molecule has 69 heavy (non-hydrogen) atoms. The summed E-state index contributed by atoms with van der Waals surface area (Å²) in [6, 6.07) is 16.2. The highest BCUT2D eigenvalue weighted by molar-refractivity contribution is 6.32. The normalized spacial score (nSPS) is 36.3. The van der Waals surface area contributed by atoms with Crippen LogP contribution in [0.2, 0.25) is 0 Å². The third-order valence-electron chi connectivity index (χ3n) is 19.4. The Kier molecular flexibility index (Phi) is 12.6. The number of carbonyl (C=O) groups excluding carboxylic acids is 4. The number of nitrogens with one attached hydrogen (secondary N) is 1. The first-order chi connectivity index (χ1) is 33.1. The topological polar surface area (TPSA) is 133 Å². The van der Waals surface area contributed by atoms with Gasteiger partial charge in [-0.05, 0) is 148 Å². The van der Waals surface area contributed by atoms with Crippen LogP contribution >= 0.6 is 11.6 Å². The van der Waals surface area contributed by atoms with E-state index in [1.807, 2.05) is 48.8 Å². The largest absolute Gasteiger partial charge is 0.462 e. The number of para-hydroxylation sites is 4. The number of aromatic nitrogens is 4. The van der Waals surface area contributed by atoms with Crippen molar-refractivity contribution in [3.63, 3.8) is 0 Å². The Morgan fingerprint density at radius 1 is 0.652 bits per heavy atom. The molecule has 4 saturated carbocycles. The average molecular weight is 954 g/mol. The molecule has 1 N–H and O–H groups in total. The minimum absolute atomic E-state index is 0.0182. The number of esters is 2. The molecule has 12 rings (SSSR count). The SMILES string of the molecule is CC(=O)O[C@@H]1CC[C@@]2(C)C(=CCC3C2CC[C@]2(C)C(Cl)=C(C=O)CC32)C1.CC(=O)O[C@@H]1CC[C@@]2(C)C(=CCC3C2CC[C@]2(C)C(n4cnc5ccccc54)=C(C=O)CC32)C1.c1ccc2[nH]cnc2c1. The van der Waals surface area contributed by atoms with E-state index in [0.29, 0.717) is 35.5 Å². The van der Waals surface area contributed by atoms with Crippen molar-refractivity contribution in [1.82, 2.24) is 19.5 Å². The summed E-state index contributed by atoms with van der Waals surface area (Å²) in [6.45, 7) is 12.6. The summed E-state index contributed by atoms with van der Waals surface area (Å²) < 4.78 is 13.3. The minimum atomic E-state index is -0.172. The molecular formula is C58H69ClN4O6. The number of halogens is 1. The first-order valence-electron chi connectivity index (χ1n) is 25.7. The standard InChI is InChI=1S/C29H34N2O3.C22H29ClO3.C7H6N2/c1-18(33)34-21-10-12-28(2)20(15-21)8-9-22-23(28)11-13-29(3)24(22)14-19(16-32)27(29)31-17-30-25-6-4-5-7-26(25)31;1-13(25)26-16-6-8-21(2)15(11-16)4-5-17-18(21)7-9-22(3)19(17)10-14(12-24)20(22)23;1-2-4-7-6(3-1)8-5-9-7/h4-8,16-17,21-24H,9-15H2,1-3H3;4,12,16-19H,5-11H2,1-3H3;1-5H,(H,8,9)/t21-,22?,23?,24?,28+,29+;16-,17?,18?,19?,21+,22+;/m11./s1. The van der Waals surface area contributed by atoms with Crippen LogP contribution in [0.5, 0.6) is 0 Å². The Bertz CT molecular complexity index is 2790. The Balaban J connectivity index is 0.000000139. The molecule has 2 aromatic heterocycles. The zero-order valence-electron chi connectivity index (χ0n) is 41.3.